The number of benzene rings is 1. The Kier molecular flexibility index (Phi) is 6.88. The van der Waals surface area contributed by atoms with Crippen molar-refractivity contribution in [2.45, 2.75) is 38.8 Å². The maximum Gasteiger partial charge on any atom is 0.338 e. The summed E-state index contributed by atoms with van der Waals surface area (Å²) in [7, 11) is 0. The predicted molar refractivity (Wildman–Crippen MR) is 107 cm³/mol. The normalized spacial score (nSPS) is 18.0. The Balaban J connectivity index is 1.51. The molecule has 0 amide bonds. The topological polar surface area (TPSA) is 59.0 Å². The summed E-state index contributed by atoms with van der Waals surface area (Å²) in [4.78, 5) is 15.5. The maximum atomic E-state index is 11.7. The summed E-state index contributed by atoms with van der Waals surface area (Å²) in [6, 6.07) is 9.40. The van der Waals surface area contributed by atoms with Crippen LogP contribution in [0.2, 0.25) is 0 Å². The van der Waals surface area contributed by atoms with E-state index in [1.54, 1.807) is 31.2 Å². The first kappa shape index (κ1) is 19.9. The van der Waals surface area contributed by atoms with Crippen molar-refractivity contribution in [3.8, 4) is 5.75 Å². The lowest BCUT2D eigenvalue weighted by atomic mass is 9.97. The molecule has 0 bridgehead atoms. The summed E-state index contributed by atoms with van der Waals surface area (Å²) < 4.78 is 10.7. The number of hydrogen-bond donors (Lipinski definition) is 1. The predicted octanol–water partition coefficient (Wildman–Crippen LogP) is 3.67. The van der Waals surface area contributed by atoms with Gasteiger partial charge in [0.25, 0.3) is 0 Å². The molecule has 27 heavy (non-hydrogen) atoms. The highest BCUT2D eigenvalue weighted by Crippen LogP contribution is 2.35. The highest BCUT2D eigenvalue weighted by molar-refractivity contribution is 7.10. The van der Waals surface area contributed by atoms with Crippen molar-refractivity contribution in [2.75, 3.05) is 26.3 Å². The van der Waals surface area contributed by atoms with Gasteiger partial charge in [-0.15, -0.1) is 11.3 Å². The fraction of sp³-hybridized carbons (Fsp3) is 0.476. The lowest BCUT2D eigenvalue weighted by molar-refractivity contribution is 0.0477. The van der Waals surface area contributed by atoms with Gasteiger partial charge in [0.05, 0.1) is 12.2 Å². The molecule has 0 radical (unpaired) electrons. The van der Waals surface area contributed by atoms with E-state index in [9.17, 15) is 9.90 Å². The fourth-order valence-corrected chi connectivity index (χ4v) is 4.49. The largest absolute Gasteiger partial charge is 0.491 e. The Morgan fingerprint density at radius 1 is 1.30 bits per heavy atom. The number of carbonyl (C=O) groups excluding carboxylic acids is 1. The first-order valence-electron chi connectivity index (χ1n) is 9.50. The van der Waals surface area contributed by atoms with Crippen LogP contribution in [0.5, 0.6) is 5.75 Å². The van der Waals surface area contributed by atoms with Crippen molar-refractivity contribution in [3.05, 3.63) is 51.7 Å². The van der Waals surface area contributed by atoms with Crippen LogP contribution in [0.4, 0.5) is 0 Å². The van der Waals surface area contributed by atoms with Crippen LogP contribution in [-0.2, 0) is 11.2 Å². The zero-order valence-corrected chi connectivity index (χ0v) is 16.7. The van der Waals surface area contributed by atoms with Gasteiger partial charge in [-0.3, -0.25) is 4.90 Å². The van der Waals surface area contributed by atoms with Crippen LogP contribution in [-0.4, -0.2) is 48.4 Å². The molecule has 3 rings (SSSR count). The summed E-state index contributed by atoms with van der Waals surface area (Å²) in [5.74, 6) is 0.292. The molecular formula is C21H27NO4S. The van der Waals surface area contributed by atoms with E-state index < -0.39 is 6.10 Å². The molecule has 2 heterocycles. The van der Waals surface area contributed by atoms with E-state index >= 15 is 0 Å². The molecule has 0 saturated heterocycles. The van der Waals surface area contributed by atoms with Gasteiger partial charge in [-0.25, -0.2) is 4.79 Å². The van der Waals surface area contributed by atoms with Crippen molar-refractivity contribution in [1.82, 2.24) is 4.90 Å². The third-order valence-electron chi connectivity index (χ3n) is 4.85. The smallest absolute Gasteiger partial charge is 0.338 e. The molecule has 1 N–H and O–H groups in total. The first-order valence-corrected chi connectivity index (χ1v) is 10.4. The molecule has 1 aromatic carbocycles. The number of carbonyl (C=O) groups is 1. The second kappa shape index (κ2) is 9.35. The molecule has 5 nitrogen and oxygen atoms in total. The van der Waals surface area contributed by atoms with Gasteiger partial charge in [-0.1, -0.05) is 6.92 Å². The quantitative estimate of drug-likeness (QED) is 0.698. The molecule has 1 aliphatic rings. The van der Waals surface area contributed by atoms with Crippen LogP contribution in [0.3, 0.4) is 0 Å². The molecule has 1 aromatic heterocycles. The van der Waals surface area contributed by atoms with Gasteiger partial charge in [0.2, 0.25) is 0 Å². The van der Waals surface area contributed by atoms with E-state index in [-0.39, 0.29) is 12.6 Å². The maximum absolute atomic E-state index is 11.7. The van der Waals surface area contributed by atoms with Crippen molar-refractivity contribution in [3.63, 3.8) is 0 Å². The third-order valence-corrected chi connectivity index (χ3v) is 5.84. The average Bonchev–Trinajstić information content (AvgIpc) is 3.15. The number of ether oxygens (including phenoxy) is 2. The molecule has 2 atom stereocenters. The average molecular weight is 390 g/mol. The summed E-state index contributed by atoms with van der Waals surface area (Å²) in [6.45, 7) is 6.11. The van der Waals surface area contributed by atoms with E-state index in [1.165, 1.54) is 10.4 Å². The van der Waals surface area contributed by atoms with Gasteiger partial charge in [0.1, 0.15) is 18.5 Å². The molecule has 146 valence electrons. The number of rotatable bonds is 8. The van der Waals surface area contributed by atoms with E-state index in [1.807, 2.05) is 11.3 Å². The number of hydrogen-bond acceptors (Lipinski definition) is 6. The van der Waals surface area contributed by atoms with Gasteiger partial charge in [0.15, 0.2) is 0 Å². The van der Waals surface area contributed by atoms with Crippen LogP contribution >= 0.6 is 11.3 Å². The Morgan fingerprint density at radius 2 is 2.07 bits per heavy atom. The molecular weight excluding hydrogens is 362 g/mol. The van der Waals surface area contributed by atoms with Crippen LogP contribution in [0.15, 0.2) is 35.7 Å². The zero-order chi connectivity index (χ0) is 19.2. The molecule has 2 aromatic rings. The second-order valence-electron chi connectivity index (χ2n) is 6.68. The van der Waals surface area contributed by atoms with E-state index in [0.29, 0.717) is 30.5 Å². The molecule has 0 spiro atoms. The van der Waals surface area contributed by atoms with E-state index in [4.69, 9.17) is 9.47 Å². The number of aliphatic hydroxyl groups excluding tert-OH is 1. The minimum Gasteiger partial charge on any atom is -0.491 e. The number of β-amino-alcohol motifs (C(OH)–C–C–N with tert-alkyl or cyclic N) is 1. The SMILES string of the molecule is CCOC(=O)c1ccc(OC[C@@H](O)CN2CCc3sccc3[C@H]2CC)cc1. The van der Waals surface area contributed by atoms with Crippen LogP contribution < -0.4 is 4.74 Å². The highest BCUT2D eigenvalue weighted by atomic mass is 32.1. The Labute approximate surface area is 164 Å². The Hall–Kier alpha value is -1.89. The number of thiophene rings is 1. The van der Waals surface area contributed by atoms with Crippen molar-refractivity contribution in [1.29, 1.82) is 0 Å². The summed E-state index contributed by atoms with van der Waals surface area (Å²) >= 11 is 1.83. The number of nitrogens with zero attached hydrogens (tertiary/aromatic N) is 1. The molecule has 0 aliphatic carbocycles. The summed E-state index contributed by atoms with van der Waals surface area (Å²) in [6.07, 6.45) is 1.52. The lowest BCUT2D eigenvalue weighted by Gasteiger charge is -2.36. The zero-order valence-electron chi connectivity index (χ0n) is 15.9. The molecule has 6 heteroatoms. The Bertz CT molecular complexity index is 743. The second-order valence-corrected chi connectivity index (χ2v) is 7.68. The van der Waals surface area contributed by atoms with Crippen molar-refractivity contribution < 1.29 is 19.4 Å². The minimum atomic E-state index is -0.566. The summed E-state index contributed by atoms with van der Waals surface area (Å²) in [5.41, 5.74) is 1.91. The van der Waals surface area contributed by atoms with Crippen LogP contribution in [0.1, 0.15) is 47.1 Å². The van der Waals surface area contributed by atoms with Crippen LogP contribution in [0.25, 0.3) is 0 Å². The van der Waals surface area contributed by atoms with Crippen LogP contribution in [0, 0.1) is 0 Å². The van der Waals surface area contributed by atoms with Gasteiger partial charge < -0.3 is 14.6 Å². The van der Waals surface area contributed by atoms with Crippen molar-refractivity contribution >= 4 is 17.3 Å². The molecule has 1 aliphatic heterocycles. The molecule has 0 saturated carbocycles. The van der Waals surface area contributed by atoms with Gasteiger partial charge in [-0.05, 0) is 61.0 Å². The van der Waals surface area contributed by atoms with Crippen molar-refractivity contribution in [2.24, 2.45) is 0 Å². The monoisotopic (exact) mass is 389 g/mol. The highest BCUT2D eigenvalue weighted by Gasteiger charge is 2.28. The number of aliphatic hydroxyl groups is 1. The Morgan fingerprint density at radius 3 is 2.78 bits per heavy atom. The van der Waals surface area contributed by atoms with Gasteiger partial charge in [-0.2, -0.15) is 0 Å². The van der Waals surface area contributed by atoms with E-state index in [0.717, 1.165) is 19.4 Å². The minimum absolute atomic E-state index is 0.224. The number of fused-ring (bicyclic) bond motifs is 1. The first-order chi connectivity index (χ1) is 13.1. The fourth-order valence-electron chi connectivity index (χ4n) is 3.56. The lowest BCUT2D eigenvalue weighted by Crippen LogP contribution is -2.41. The van der Waals surface area contributed by atoms with Gasteiger partial charge >= 0.3 is 5.97 Å². The molecule has 0 unspecified atom stereocenters. The van der Waals surface area contributed by atoms with Gasteiger partial charge in [0, 0.05) is 24.0 Å². The summed E-state index contributed by atoms with van der Waals surface area (Å²) in [5, 5.41) is 12.6. The molecule has 0 fully saturated rings. The standard InChI is InChI=1S/C21H27NO4S/c1-3-19-18-10-12-27-20(18)9-11-22(19)13-16(23)14-26-17-7-5-15(6-8-17)21(24)25-4-2/h5-8,10,12,16,19,23H,3-4,9,11,13-14H2,1-2H3/t16-,19+/m0/s1. The number of esters is 1. The van der Waals surface area contributed by atoms with E-state index in [2.05, 4.69) is 23.3 Å². The third kappa shape index (κ3) is 4.89.